The van der Waals surface area contributed by atoms with Gasteiger partial charge in [-0.2, -0.15) is 0 Å². The Morgan fingerprint density at radius 1 is 0.810 bits per heavy atom. The lowest BCUT2D eigenvalue weighted by Crippen LogP contribution is -2.40. The van der Waals surface area contributed by atoms with Gasteiger partial charge in [-0.15, -0.1) is 0 Å². The fraction of sp³-hybridized carbons (Fsp3) is 0.382. The first-order valence-corrected chi connectivity index (χ1v) is 15.0. The second-order valence-corrected chi connectivity index (χ2v) is 11.1. The summed E-state index contributed by atoms with van der Waals surface area (Å²) in [6.07, 6.45) is 0.805. The van der Waals surface area contributed by atoms with Gasteiger partial charge in [-0.3, -0.25) is 9.69 Å². The second kappa shape index (κ2) is 12.3. The van der Waals surface area contributed by atoms with Gasteiger partial charge >= 0.3 is 0 Å². The highest BCUT2D eigenvalue weighted by atomic mass is 16.5. The van der Waals surface area contributed by atoms with Crippen LogP contribution in [0.1, 0.15) is 11.1 Å². The number of nitrogens with one attached hydrogen (secondary N) is 1. The molecule has 0 amide bonds. The van der Waals surface area contributed by atoms with E-state index in [9.17, 15) is 4.79 Å². The Kier molecular flexibility index (Phi) is 7.94. The number of morpholine rings is 2. The molecule has 2 saturated heterocycles. The predicted octanol–water partition coefficient (Wildman–Crippen LogP) is 4.17. The molecule has 4 aromatic rings. The second-order valence-electron chi connectivity index (χ2n) is 11.1. The van der Waals surface area contributed by atoms with Crippen molar-refractivity contribution in [3.8, 4) is 28.0 Å². The summed E-state index contributed by atoms with van der Waals surface area (Å²) in [4.78, 5) is 17.7. The summed E-state index contributed by atoms with van der Waals surface area (Å²) in [5, 5.41) is 4.12. The van der Waals surface area contributed by atoms with E-state index in [2.05, 4.69) is 57.6 Å². The molecule has 2 aliphatic heterocycles. The first-order valence-electron chi connectivity index (χ1n) is 15.0. The van der Waals surface area contributed by atoms with E-state index < -0.39 is 0 Å². The Hall–Kier alpha value is -3.69. The van der Waals surface area contributed by atoms with Gasteiger partial charge in [0.15, 0.2) is 11.3 Å². The van der Waals surface area contributed by atoms with Crippen LogP contribution in [0, 0.1) is 0 Å². The normalized spacial score (nSPS) is 16.9. The van der Waals surface area contributed by atoms with Gasteiger partial charge in [0, 0.05) is 63.0 Å². The topological polar surface area (TPSA) is 76.4 Å². The molecule has 0 radical (unpaired) electrons. The molecule has 0 bridgehead atoms. The molecule has 1 aromatic heterocycles. The molecule has 8 nitrogen and oxygen atoms in total. The molecule has 3 aromatic carbocycles. The van der Waals surface area contributed by atoms with E-state index in [0.29, 0.717) is 49.8 Å². The minimum atomic E-state index is -0.0272. The maximum Gasteiger partial charge on any atom is 0.200 e. The van der Waals surface area contributed by atoms with Crippen LogP contribution in [-0.2, 0) is 15.9 Å². The van der Waals surface area contributed by atoms with E-state index in [0.717, 1.165) is 74.8 Å². The number of hydrogen-bond donors (Lipinski definition) is 1. The molecule has 3 aliphatic rings. The predicted molar refractivity (Wildman–Crippen MR) is 165 cm³/mol. The van der Waals surface area contributed by atoms with Gasteiger partial charge in [-0.1, -0.05) is 42.5 Å². The van der Waals surface area contributed by atoms with E-state index >= 15 is 0 Å². The van der Waals surface area contributed by atoms with Crippen LogP contribution in [0.3, 0.4) is 0 Å². The molecule has 0 spiro atoms. The van der Waals surface area contributed by atoms with Crippen LogP contribution in [0.2, 0.25) is 0 Å². The monoisotopic (exact) mass is 567 g/mol. The van der Waals surface area contributed by atoms with Crippen LogP contribution in [0.15, 0.2) is 69.9 Å². The van der Waals surface area contributed by atoms with Crippen molar-refractivity contribution in [1.29, 1.82) is 0 Å². The third-order valence-electron chi connectivity index (χ3n) is 8.53. The number of rotatable bonds is 9. The van der Waals surface area contributed by atoms with E-state index in [-0.39, 0.29) is 5.43 Å². The molecule has 1 N–H and O–H groups in total. The van der Waals surface area contributed by atoms with Crippen molar-refractivity contribution in [2.75, 3.05) is 83.7 Å². The number of anilines is 1. The Labute approximate surface area is 245 Å². The van der Waals surface area contributed by atoms with Gasteiger partial charge in [0.05, 0.1) is 31.8 Å². The molecule has 1 aliphatic carbocycles. The summed E-state index contributed by atoms with van der Waals surface area (Å²) >= 11 is 0. The number of benzene rings is 3. The zero-order valence-electron chi connectivity index (χ0n) is 23.9. The van der Waals surface area contributed by atoms with Crippen molar-refractivity contribution in [3.63, 3.8) is 0 Å². The first kappa shape index (κ1) is 27.2. The lowest BCUT2D eigenvalue weighted by molar-refractivity contribution is 0.0383. The SMILES string of the molecule is O=c1cc(N2CCOCC2)oc2c(-c3ccc(OCCNCCN4CCOCC4)c4c3Cc3ccccc3-4)cccc12. The molecular weight excluding hydrogens is 530 g/mol. The van der Waals surface area contributed by atoms with Crippen LogP contribution in [0.25, 0.3) is 33.2 Å². The Morgan fingerprint density at radius 3 is 2.45 bits per heavy atom. The molecule has 0 saturated carbocycles. The quantitative estimate of drug-likeness (QED) is 0.266. The molecule has 0 unspecified atom stereocenters. The Balaban J connectivity index is 1.17. The average Bonchev–Trinajstić information content (AvgIpc) is 3.44. The Bertz CT molecular complexity index is 1620. The molecule has 218 valence electrons. The lowest BCUT2D eigenvalue weighted by atomic mass is 9.93. The van der Waals surface area contributed by atoms with E-state index in [1.54, 1.807) is 6.07 Å². The maximum absolute atomic E-state index is 13.2. The summed E-state index contributed by atoms with van der Waals surface area (Å²) in [6, 6.07) is 20.2. The van der Waals surface area contributed by atoms with Crippen molar-refractivity contribution in [3.05, 3.63) is 82.0 Å². The van der Waals surface area contributed by atoms with Gasteiger partial charge in [0.2, 0.25) is 0 Å². The number of ether oxygens (including phenoxy) is 3. The largest absolute Gasteiger partial charge is 0.492 e. The zero-order valence-corrected chi connectivity index (χ0v) is 23.9. The Morgan fingerprint density at radius 2 is 1.60 bits per heavy atom. The van der Waals surface area contributed by atoms with Crippen LogP contribution in [0.4, 0.5) is 5.88 Å². The molecule has 8 heteroatoms. The number of hydrogen-bond acceptors (Lipinski definition) is 8. The summed E-state index contributed by atoms with van der Waals surface area (Å²) in [5.74, 6) is 1.49. The number of para-hydroxylation sites is 1. The van der Waals surface area contributed by atoms with Crippen molar-refractivity contribution >= 4 is 16.9 Å². The molecule has 3 heterocycles. The van der Waals surface area contributed by atoms with Crippen LogP contribution in [0.5, 0.6) is 5.75 Å². The summed E-state index contributed by atoms with van der Waals surface area (Å²) in [6.45, 7) is 9.64. The molecule has 0 atom stereocenters. The first-order chi connectivity index (χ1) is 20.8. The van der Waals surface area contributed by atoms with Crippen molar-refractivity contribution in [2.24, 2.45) is 0 Å². The summed E-state index contributed by atoms with van der Waals surface area (Å²) in [5.41, 5.74) is 7.44. The fourth-order valence-electron chi connectivity index (χ4n) is 6.32. The van der Waals surface area contributed by atoms with E-state index in [4.69, 9.17) is 18.6 Å². The number of nitrogens with zero attached hydrogens (tertiary/aromatic N) is 2. The van der Waals surface area contributed by atoms with Crippen LogP contribution < -0.4 is 20.4 Å². The highest BCUT2D eigenvalue weighted by Crippen LogP contribution is 2.47. The van der Waals surface area contributed by atoms with Crippen LogP contribution in [-0.4, -0.2) is 83.7 Å². The third-order valence-corrected chi connectivity index (χ3v) is 8.53. The molecule has 2 fully saturated rings. The maximum atomic E-state index is 13.2. The molecular formula is C34H37N3O5. The minimum absolute atomic E-state index is 0.0272. The smallest absolute Gasteiger partial charge is 0.200 e. The third kappa shape index (κ3) is 5.43. The van der Waals surface area contributed by atoms with Crippen LogP contribution >= 0.6 is 0 Å². The average molecular weight is 568 g/mol. The molecule has 7 rings (SSSR count). The van der Waals surface area contributed by atoms with Gasteiger partial charge < -0.3 is 28.8 Å². The van der Waals surface area contributed by atoms with E-state index in [1.807, 2.05) is 12.1 Å². The van der Waals surface area contributed by atoms with Gasteiger partial charge in [-0.05, 0) is 40.8 Å². The zero-order chi connectivity index (χ0) is 28.3. The van der Waals surface area contributed by atoms with Gasteiger partial charge in [-0.25, -0.2) is 0 Å². The standard InChI is InChI=1S/C34H37N3O5/c38-30-23-32(37-15-20-40-21-16-37)42-34-27(6-3-7-28(30)34)26-8-9-31(33-25-5-2-1-4-24(25)22-29(26)33)41-17-11-35-10-12-36-13-18-39-19-14-36/h1-9,23,35H,10-22H2. The van der Waals surface area contributed by atoms with Gasteiger partial charge in [0.25, 0.3) is 0 Å². The fourth-order valence-corrected chi connectivity index (χ4v) is 6.32. The molecule has 42 heavy (non-hydrogen) atoms. The minimum Gasteiger partial charge on any atom is -0.492 e. The highest BCUT2D eigenvalue weighted by Gasteiger charge is 2.27. The van der Waals surface area contributed by atoms with Crippen molar-refractivity contribution in [2.45, 2.75) is 6.42 Å². The van der Waals surface area contributed by atoms with Gasteiger partial charge in [0.1, 0.15) is 17.9 Å². The highest BCUT2D eigenvalue weighted by molar-refractivity contribution is 5.97. The lowest BCUT2D eigenvalue weighted by Gasteiger charge is -2.27. The van der Waals surface area contributed by atoms with E-state index in [1.165, 1.54) is 16.7 Å². The summed E-state index contributed by atoms with van der Waals surface area (Å²) in [7, 11) is 0. The van der Waals surface area contributed by atoms with Crippen molar-refractivity contribution < 1.29 is 18.6 Å². The van der Waals surface area contributed by atoms with Crippen molar-refractivity contribution in [1.82, 2.24) is 10.2 Å². The summed E-state index contributed by atoms with van der Waals surface area (Å²) < 4.78 is 23.9. The number of fused-ring (bicyclic) bond motifs is 4.